The standard InChI is InChI=1S/C16H12ClNO2/c17-15-7-6-12(8-14(15)9-18)10-20-11-16(19)13-4-2-1-3-5-13/h1-8H,10-11H2. The highest BCUT2D eigenvalue weighted by Crippen LogP contribution is 2.17. The Balaban J connectivity index is 1.91. The molecular formula is C16H12ClNO2. The lowest BCUT2D eigenvalue weighted by atomic mass is 10.1. The lowest BCUT2D eigenvalue weighted by Crippen LogP contribution is -2.08. The van der Waals surface area contributed by atoms with Crippen molar-refractivity contribution >= 4 is 17.4 Å². The Morgan fingerprint density at radius 3 is 2.65 bits per heavy atom. The molecule has 0 spiro atoms. The molecular weight excluding hydrogens is 274 g/mol. The Hall–Kier alpha value is -2.15. The van der Waals surface area contributed by atoms with Gasteiger partial charge in [-0.3, -0.25) is 4.79 Å². The van der Waals surface area contributed by atoms with Crippen molar-refractivity contribution in [2.45, 2.75) is 6.61 Å². The van der Waals surface area contributed by atoms with Crippen LogP contribution < -0.4 is 0 Å². The molecule has 3 nitrogen and oxygen atoms in total. The maximum Gasteiger partial charge on any atom is 0.188 e. The van der Waals surface area contributed by atoms with Gasteiger partial charge in [-0.15, -0.1) is 0 Å². The monoisotopic (exact) mass is 285 g/mol. The van der Waals surface area contributed by atoms with E-state index in [0.717, 1.165) is 5.56 Å². The summed E-state index contributed by atoms with van der Waals surface area (Å²) < 4.78 is 5.37. The van der Waals surface area contributed by atoms with E-state index in [9.17, 15) is 4.79 Å². The van der Waals surface area contributed by atoms with Crippen molar-refractivity contribution in [3.05, 3.63) is 70.2 Å². The maximum atomic E-state index is 11.8. The first-order chi connectivity index (χ1) is 9.70. The Morgan fingerprint density at radius 2 is 1.95 bits per heavy atom. The van der Waals surface area contributed by atoms with E-state index >= 15 is 0 Å². The second-order valence-corrected chi connectivity index (χ2v) is 4.62. The molecule has 0 unspecified atom stereocenters. The van der Waals surface area contributed by atoms with Crippen molar-refractivity contribution in [3.8, 4) is 6.07 Å². The third-order valence-corrected chi connectivity index (χ3v) is 3.08. The maximum absolute atomic E-state index is 11.8. The number of hydrogen-bond acceptors (Lipinski definition) is 3. The number of carbonyl (C=O) groups is 1. The third kappa shape index (κ3) is 3.67. The molecule has 0 aliphatic heterocycles. The number of carbonyl (C=O) groups excluding carboxylic acids is 1. The average Bonchev–Trinajstić information content (AvgIpc) is 2.49. The zero-order chi connectivity index (χ0) is 14.4. The van der Waals surface area contributed by atoms with Crippen LogP contribution in [-0.4, -0.2) is 12.4 Å². The number of halogens is 1. The van der Waals surface area contributed by atoms with Gasteiger partial charge in [-0.25, -0.2) is 0 Å². The first-order valence-corrected chi connectivity index (χ1v) is 6.43. The summed E-state index contributed by atoms with van der Waals surface area (Å²) in [5, 5.41) is 9.29. The zero-order valence-electron chi connectivity index (χ0n) is 10.7. The fourth-order valence-corrected chi connectivity index (χ4v) is 1.88. The third-order valence-electron chi connectivity index (χ3n) is 2.75. The molecule has 0 aromatic heterocycles. The summed E-state index contributed by atoms with van der Waals surface area (Å²) in [6, 6.07) is 16.1. The summed E-state index contributed by atoms with van der Waals surface area (Å²) in [5.41, 5.74) is 1.84. The SMILES string of the molecule is N#Cc1cc(COCC(=O)c2ccccc2)ccc1Cl. The summed E-state index contributed by atoms with van der Waals surface area (Å²) in [6.45, 7) is 0.277. The van der Waals surface area contributed by atoms with Crippen LogP contribution in [0.1, 0.15) is 21.5 Å². The Morgan fingerprint density at radius 1 is 1.20 bits per heavy atom. The minimum atomic E-state index is -0.0694. The second kappa shape index (κ2) is 6.85. The minimum absolute atomic E-state index is 0.00846. The molecule has 0 N–H and O–H groups in total. The summed E-state index contributed by atoms with van der Waals surface area (Å²) in [5.74, 6) is -0.0694. The van der Waals surface area contributed by atoms with Crippen molar-refractivity contribution in [2.75, 3.05) is 6.61 Å². The van der Waals surface area contributed by atoms with Gasteiger partial charge in [0.2, 0.25) is 0 Å². The van der Waals surface area contributed by atoms with E-state index in [2.05, 4.69) is 0 Å². The van der Waals surface area contributed by atoms with Gasteiger partial charge in [0.1, 0.15) is 12.7 Å². The normalized spacial score (nSPS) is 10.0. The molecule has 0 heterocycles. The van der Waals surface area contributed by atoms with Crippen LogP contribution in [0, 0.1) is 11.3 Å². The highest BCUT2D eigenvalue weighted by atomic mass is 35.5. The molecule has 0 atom stereocenters. The quantitative estimate of drug-likeness (QED) is 0.789. The van der Waals surface area contributed by atoms with Gasteiger partial charge in [-0.2, -0.15) is 5.26 Å². The largest absolute Gasteiger partial charge is 0.369 e. The van der Waals surface area contributed by atoms with Crippen LogP contribution in [0.15, 0.2) is 48.5 Å². The number of benzene rings is 2. The fourth-order valence-electron chi connectivity index (χ4n) is 1.72. The van der Waals surface area contributed by atoms with E-state index in [4.69, 9.17) is 21.6 Å². The van der Waals surface area contributed by atoms with Crippen LogP contribution in [0.2, 0.25) is 5.02 Å². The second-order valence-electron chi connectivity index (χ2n) is 4.21. The average molecular weight is 286 g/mol. The zero-order valence-corrected chi connectivity index (χ0v) is 11.4. The number of nitrogens with zero attached hydrogens (tertiary/aromatic N) is 1. The van der Waals surface area contributed by atoms with Crippen molar-refractivity contribution in [1.29, 1.82) is 5.26 Å². The van der Waals surface area contributed by atoms with E-state index in [0.29, 0.717) is 16.1 Å². The number of Topliss-reactive ketones (excluding diaryl/α,β-unsaturated/α-hetero) is 1. The predicted molar refractivity (Wildman–Crippen MR) is 76.6 cm³/mol. The molecule has 20 heavy (non-hydrogen) atoms. The highest BCUT2D eigenvalue weighted by Gasteiger charge is 2.06. The van der Waals surface area contributed by atoms with Crippen molar-refractivity contribution < 1.29 is 9.53 Å². The molecule has 4 heteroatoms. The molecule has 0 saturated carbocycles. The topological polar surface area (TPSA) is 50.1 Å². The van der Waals surface area contributed by atoms with Gasteiger partial charge in [-0.1, -0.05) is 48.0 Å². The van der Waals surface area contributed by atoms with Gasteiger partial charge < -0.3 is 4.74 Å². The molecule has 0 amide bonds. The van der Waals surface area contributed by atoms with Crippen LogP contribution in [0.25, 0.3) is 0 Å². The molecule has 0 bridgehead atoms. The van der Waals surface area contributed by atoms with Crippen LogP contribution in [0.4, 0.5) is 0 Å². The number of ether oxygens (including phenoxy) is 1. The van der Waals surface area contributed by atoms with Gasteiger partial charge in [0, 0.05) is 5.56 Å². The van der Waals surface area contributed by atoms with E-state index < -0.39 is 0 Å². The first kappa shape index (κ1) is 14.3. The van der Waals surface area contributed by atoms with Crippen molar-refractivity contribution in [1.82, 2.24) is 0 Å². The molecule has 2 aromatic rings. The van der Waals surface area contributed by atoms with Gasteiger partial charge in [0.05, 0.1) is 17.2 Å². The smallest absolute Gasteiger partial charge is 0.188 e. The van der Waals surface area contributed by atoms with E-state index in [-0.39, 0.29) is 19.0 Å². The number of nitriles is 1. The highest BCUT2D eigenvalue weighted by molar-refractivity contribution is 6.31. The molecule has 2 rings (SSSR count). The van der Waals surface area contributed by atoms with Crippen molar-refractivity contribution in [2.24, 2.45) is 0 Å². The summed E-state index contributed by atoms with van der Waals surface area (Å²) in [4.78, 5) is 11.8. The summed E-state index contributed by atoms with van der Waals surface area (Å²) in [6.07, 6.45) is 0. The Kier molecular flexibility index (Phi) is 4.89. The van der Waals surface area contributed by atoms with Gasteiger partial charge in [0.15, 0.2) is 5.78 Å². The molecule has 2 aromatic carbocycles. The number of rotatable bonds is 5. The van der Waals surface area contributed by atoms with E-state index in [1.54, 1.807) is 30.3 Å². The van der Waals surface area contributed by atoms with Crippen molar-refractivity contribution in [3.63, 3.8) is 0 Å². The first-order valence-electron chi connectivity index (χ1n) is 6.05. The van der Waals surface area contributed by atoms with Crippen LogP contribution >= 0.6 is 11.6 Å². The molecule has 0 fully saturated rings. The molecule has 100 valence electrons. The van der Waals surface area contributed by atoms with Crippen LogP contribution in [0.5, 0.6) is 0 Å². The molecule has 0 aliphatic rings. The lowest BCUT2D eigenvalue weighted by molar-refractivity contribution is 0.0726. The molecule has 0 aliphatic carbocycles. The lowest BCUT2D eigenvalue weighted by Gasteiger charge is -2.05. The number of ketones is 1. The summed E-state index contributed by atoms with van der Waals surface area (Å²) in [7, 11) is 0. The van der Waals surface area contributed by atoms with Crippen LogP contribution in [-0.2, 0) is 11.3 Å². The van der Waals surface area contributed by atoms with E-state index in [1.807, 2.05) is 24.3 Å². The van der Waals surface area contributed by atoms with Gasteiger partial charge >= 0.3 is 0 Å². The fraction of sp³-hybridized carbons (Fsp3) is 0.125. The van der Waals surface area contributed by atoms with Gasteiger partial charge in [0.25, 0.3) is 0 Å². The predicted octanol–water partition coefficient (Wildman–Crippen LogP) is 3.61. The Bertz CT molecular complexity index is 647. The molecule has 0 radical (unpaired) electrons. The summed E-state index contributed by atoms with van der Waals surface area (Å²) >= 11 is 5.84. The minimum Gasteiger partial charge on any atom is -0.369 e. The number of hydrogen-bond donors (Lipinski definition) is 0. The van der Waals surface area contributed by atoms with Crippen LogP contribution in [0.3, 0.4) is 0 Å². The van der Waals surface area contributed by atoms with Gasteiger partial charge in [-0.05, 0) is 17.7 Å². The Labute approximate surface area is 122 Å². The molecule has 0 saturated heterocycles. The van der Waals surface area contributed by atoms with E-state index in [1.165, 1.54) is 0 Å².